The third kappa shape index (κ3) is 7.04. The van der Waals surface area contributed by atoms with Crippen molar-refractivity contribution in [3.05, 3.63) is 56.8 Å². The number of benzene rings is 1. The van der Waals surface area contributed by atoms with E-state index in [0.29, 0.717) is 30.7 Å². The quantitative estimate of drug-likeness (QED) is 0.114. The van der Waals surface area contributed by atoms with Crippen molar-refractivity contribution >= 4 is 52.6 Å². The third-order valence-corrected chi connectivity index (χ3v) is 6.37. The Morgan fingerprint density at radius 2 is 2.06 bits per heavy atom. The van der Waals surface area contributed by atoms with Crippen molar-refractivity contribution < 1.29 is 4.92 Å². The number of likely N-dealkylation sites (tertiary alicyclic amines) is 1. The topological polar surface area (TPSA) is 94.8 Å². The Hall–Kier alpha value is -1.92. The lowest BCUT2D eigenvalue weighted by atomic mass is 9.88. The van der Waals surface area contributed by atoms with Crippen molar-refractivity contribution in [2.24, 2.45) is 10.9 Å². The molecule has 0 spiro atoms. The lowest BCUT2D eigenvalue weighted by Gasteiger charge is -2.39. The normalized spacial score (nSPS) is 19.4. The maximum absolute atomic E-state index is 11.1. The maximum atomic E-state index is 11.1. The molecular formula is C21H31IN6O2S. The van der Waals surface area contributed by atoms with Gasteiger partial charge in [-0.2, -0.15) is 0 Å². The van der Waals surface area contributed by atoms with Gasteiger partial charge < -0.3 is 16.0 Å². The highest BCUT2D eigenvalue weighted by Crippen LogP contribution is 2.36. The monoisotopic (exact) mass is 558 g/mol. The highest BCUT2D eigenvalue weighted by Gasteiger charge is 2.31. The van der Waals surface area contributed by atoms with E-state index < -0.39 is 0 Å². The molecule has 0 amide bonds. The standard InChI is InChI=1S/C21H30N6O2S.HI/c1-22-21(24-12-11-23-17-8-3-4-9-18(17)27(28)29)25-15-16-7-5-13-26(2)20(16)19-10-6-14-30-19;/h3-4,6,8-10,14,16,20,23H,5,7,11-13,15H2,1-2H3,(H2,22,24,25);1H. The van der Waals surface area contributed by atoms with Gasteiger partial charge in [-0.1, -0.05) is 18.2 Å². The molecule has 3 N–H and O–H groups in total. The summed E-state index contributed by atoms with van der Waals surface area (Å²) in [7, 11) is 3.96. The summed E-state index contributed by atoms with van der Waals surface area (Å²) in [4.78, 5) is 18.9. The second kappa shape index (κ2) is 12.8. The number of rotatable bonds is 8. The highest BCUT2D eigenvalue weighted by molar-refractivity contribution is 14.0. The SMILES string of the molecule is CN=C(NCCNc1ccccc1[N+](=O)[O-])NCC1CCCN(C)C1c1cccs1.I. The van der Waals surface area contributed by atoms with E-state index in [-0.39, 0.29) is 34.6 Å². The van der Waals surface area contributed by atoms with E-state index >= 15 is 0 Å². The molecule has 1 aliphatic rings. The largest absolute Gasteiger partial charge is 0.378 e. The van der Waals surface area contributed by atoms with Crippen molar-refractivity contribution in [1.29, 1.82) is 0 Å². The summed E-state index contributed by atoms with van der Waals surface area (Å²) in [5.41, 5.74) is 0.609. The minimum Gasteiger partial charge on any atom is -0.378 e. The van der Waals surface area contributed by atoms with Crippen molar-refractivity contribution in [3.8, 4) is 0 Å². The van der Waals surface area contributed by atoms with Gasteiger partial charge in [-0.3, -0.25) is 20.0 Å². The van der Waals surface area contributed by atoms with Crippen LogP contribution in [0.25, 0.3) is 0 Å². The van der Waals surface area contributed by atoms with Crippen LogP contribution in [0.2, 0.25) is 0 Å². The molecule has 1 aromatic carbocycles. The van der Waals surface area contributed by atoms with Crippen LogP contribution in [-0.4, -0.2) is 56.1 Å². The van der Waals surface area contributed by atoms with E-state index in [0.717, 1.165) is 19.0 Å². The van der Waals surface area contributed by atoms with Crippen molar-refractivity contribution in [2.45, 2.75) is 18.9 Å². The first-order valence-corrected chi connectivity index (χ1v) is 11.1. The Bertz CT molecular complexity index is 848. The van der Waals surface area contributed by atoms with Crippen LogP contribution < -0.4 is 16.0 Å². The first-order valence-electron chi connectivity index (χ1n) is 10.3. The van der Waals surface area contributed by atoms with E-state index in [1.54, 1.807) is 25.2 Å². The number of nitro groups is 1. The van der Waals surface area contributed by atoms with Gasteiger partial charge in [-0.05, 0) is 49.9 Å². The summed E-state index contributed by atoms with van der Waals surface area (Å²) in [5, 5.41) is 23.1. The zero-order valence-electron chi connectivity index (χ0n) is 17.9. The highest BCUT2D eigenvalue weighted by atomic mass is 127. The Labute approximate surface area is 204 Å². The molecule has 10 heteroatoms. The molecule has 0 aliphatic carbocycles. The van der Waals surface area contributed by atoms with Crippen LogP contribution in [-0.2, 0) is 0 Å². The van der Waals surface area contributed by atoms with Crippen molar-refractivity contribution in [3.63, 3.8) is 0 Å². The fourth-order valence-electron chi connectivity index (χ4n) is 3.99. The van der Waals surface area contributed by atoms with Gasteiger partial charge in [0.05, 0.1) is 4.92 Å². The van der Waals surface area contributed by atoms with Crippen molar-refractivity contribution in [1.82, 2.24) is 15.5 Å². The number of nitrogens with zero attached hydrogens (tertiary/aromatic N) is 3. The molecule has 0 saturated carbocycles. The van der Waals surface area contributed by atoms with Crippen LogP contribution in [0.5, 0.6) is 0 Å². The lowest BCUT2D eigenvalue weighted by Crippen LogP contribution is -2.45. The summed E-state index contributed by atoms with van der Waals surface area (Å²) < 4.78 is 0. The molecule has 1 aliphatic heterocycles. The van der Waals surface area contributed by atoms with Crippen LogP contribution in [0.1, 0.15) is 23.8 Å². The third-order valence-electron chi connectivity index (χ3n) is 5.43. The van der Waals surface area contributed by atoms with E-state index in [2.05, 4.69) is 50.4 Å². The maximum Gasteiger partial charge on any atom is 0.292 e. The van der Waals surface area contributed by atoms with E-state index in [1.165, 1.54) is 23.8 Å². The van der Waals surface area contributed by atoms with E-state index in [9.17, 15) is 10.1 Å². The summed E-state index contributed by atoms with van der Waals surface area (Å²) in [6.07, 6.45) is 2.40. The predicted molar refractivity (Wildman–Crippen MR) is 139 cm³/mol. The zero-order valence-corrected chi connectivity index (χ0v) is 21.1. The number of hydrogen-bond donors (Lipinski definition) is 3. The van der Waals surface area contributed by atoms with Crippen LogP contribution in [0.15, 0.2) is 46.8 Å². The molecule has 31 heavy (non-hydrogen) atoms. The molecule has 2 unspecified atom stereocenters. The van der Waals surface area contributed by atoms with Crippen LogP contribution in [0, 0.1) is 16.0 Å². The fraction of sp³-hybridized carbons (Fsp3) is 0.476. The number of thiophene rings is 1. The van der Waals surface area contributed by atoms with E-state index in [1.807, 2.05) is 11.3 Å². The predicted octanol–water partition coefficient (Wildman–Crippen LogP) is 3.93. The van der Waals surface area contributed by atoms with Gasteiger partial charge in [0.1, 0.15) is 5.69 Å². The second-order valence-corrected chi connectivity index (χ2v) is 8.40. The van der Waals surface area contributed by atoms with Gasteiger partial charge in [0.2, 0.25) is 0 Å². The van der Waals surface area contributed by atoms with Crippen LogP contribution in [0.4, 0.5) is 11.4 Å². The van der Waals surface area contributed by atoms with Gasteiger partial charge in [0.15, 0.2) is 5.96 Å². The second-order valence-electron chi connectivity index (χ2n) is 7.42. The van der Waals surface area contributed by atoms with Gasteiger partial charge in [0, 0.05) is 43.7 Å². The lowest BCUT2D eigenvalue weighted by molar-refractivity contribution is -0.384. The summed E-state index contributed by atoms with van der Waals surface area (Å²) >= 11 is 1.82. The molecule has 8 nitrogen and oxygen atoms in total. The Morgan fingerprint density at radius 1 is 1.26 bits per heavy atom. The number of halogens is 1. The average Bonchev–Trinajstić information content (AvgIpc) is 3.27. The Morgan fingerprint density at radius 3 is 2.77 bits per heavy atom. The zero-order chi connectivity index (χ0) is 21.3. The molecule has 0 bridgehead atoms. The fourth-order valence-corrected chi connectivity index (χ4v) is 4.97. The minimum absolute atomic E-state index is 0. The smallest absolute Gasteiger partial charge is 0.292 e. The number of aliphatic imine (C=N–C) groups is 1. The molecule has 1 aromatic heterocycles. The molecule has 2 atom stereocenters. The molecule has 170 valence electrons. The number of nitro benzene ring substituents is 1. The molecule has 2 heterocycles. The first-order chi connectivity index (χ1) is 14.6. The van der Waals surface area contributed by atoms with Gasteiger partial charge in [0.25, 0.3) is 5.69 Å². The molecular weight excluding hydrogens is 527 g/mol. The average molecular weight is 558 g/mol. The number of hydrogen-bond acceptors (Lipinski definition) is 6. The molecule has 1 saturated heterocycles. The first kappa shape index (κ1) is 25.3. The Balaban J connectivity index is 0.00000341. The number of anilines is 1. The van der Waals surface area contributed by atoms with E-state index in [4.69, 9.17) is 0 Å². The number of para-hydroxylation sites is 2. The molecule has 0 radical (unpaired) electrons. The van der Waals surface area contributed by atoms with Crippen LogP contribution in [0.3, 0.4) is 0 Å². The minimum atomic E-state index is -0.374. The molecule has 3 rings (SSSR count). The number of piperidine rings is 1. The summed E-state index contributed by atoms with van der Waals surface area (Å²) in [6, 6.07) is 11.5. The van der Waals surface area contributed by atoms with Gasteiger partial charge in [-0.15, -0.1) is 35.3 Å². The summed E-state index contributed by atoms with van der Waals surface area (Å²) in [5.74, 6) is 1.27. The van der Waals surface area contributed by atoms with Crippen LogP contribution >= 0.6 is 35.3 Å². The number of guanidine groups is 1. The summed E-state index contributed by atoms with van der Waals surface area (Å²) in [6.45, 7) is 3.13. The van der Waals surface area contributed by atoms with Crippen molar-refractivity contribution in [2.75, 3.05) is 45.6 Å². The molecule has 1 fully saturated rings. The Kier molecular flexibility index (Phi) is 10.5. The number of nitrogens with one attached hydrogen (secondary N) is 3. The van der Waals surface area contributed by atoms with Gasteiger partial charge in [-0.25, -0.2) is 0 Å². The molecule has 2 aromatic rings. The van der Waals surface area contributed by atoms with Gasteiger partial charge >= 0.3 is 0 Å².